The topological polar surface area (TPSA) is 88.3 Å². The number of carbonyl (C=O) groups excluding carboxylic acids is 2. The Morgan fingerprint density at radius 1 is 1.41 bits per heavy atom. The minimum Gasteiger partial charge on any atom is -0.338 e. The maximum Gasteiger partial charge on any atom is 0.246 e. The first kappa shape index (κ1) is 11.5. The number of nitrogens with zero attached hydrogens (tertiary/aromatic N) is 2. The van der Waals surface area contributed by atoms with E-state index in [0.717, 1.165) is 5.56 Å². The number of hydrogen-bond acceptors (Lipinski definition) is 5. The third-order valence-electron chi connectivity index (χ3n) is 2.57. The molecule has 0 spiro atoms. The summed E-state index contributed by atoms with van der Waals surface area (Å²) in [6.45, 7) is 2.15. The number of amides is 2. The minimum atomic E-state index is -0.311. The van der Waals surface area contributed by atoms with Gasteiger partial charge in [-0.1, -0.05) is 0 Å². The summed E-state index contributed by atoms with van der Waals surface area (Å²) in [7, 11) is 0. The van der Waals surface area contributed by atoms with Crippen molar-refractivity contribution in [3.63, 3.8) is 0 Å². The van der Waals surface area contributed by atoms with E-state index in [9.17, 15) is 9.59 Å². The molecule has 0 aromatic carbocycles. The number of nitrogens with two attached hydrogens (primary N) is 1. The number of piperazine rings is 1. The number of pyridine rings is 1. The number of carbonyl (C=O) groups is 2. The van der Waals surface area contributed by atoms with Gasteiger partial charge in [0.1, 0.15) is 5.82 Å². The summed E-state index contributed by atoms with van der Waals surface area (Å²) in [5.41, 5.74) is 6.70. The molecule has 0 saturated carbocycles. The smallest absolute Gasteiger partial charge is 0.246 e. The van der Waals surface area contributed by atoms with Crippen molar-refractivity contribution in [2.75, 3.05) is 18.0 Å². The molecule has 2 heterocycles. The SMILES string of the molecule is C[C@H](N)c1ccnc(N2CC(=O)NC(=O)C2)c1. The zero-order valence-electron chi connectivity index (χ0n) is 9.51. The Labute approximate surface area is 98.8 Å². The Balaban J connectivity index is 2.24. The lowest BCUT2D eigenvalue weighted by molar-refractivity contribution is -0.130. The monoisotopic (exact) mass is 234 g/mol. The highest BCUT2D eigenvalue weighted by molar-refractivity contribution is 6.02. The molecule has 2 amide bonds. The summed E-state index contributed by atoms with van der Waals surface area (Å²) in [6, 6.07) is 3.52. The van der Waals surface area contributed by atoms with E-state index in [1.165, 1.54) is 0 Å². The van der Waals surface area contributed by atoms with Gasteiger partial charge < -0.3 is 10.6 Å². The third-order valence-corrected chi connectivity index (χ3v) is 2.57. The summed E-state index contributed by atoms with van der Waals surface area (Å²) in [5.74, 6) is -0.0218. The summed E-state index contributed by atoms with van der Waals surface area (Å²) in [5, 5.41) is 2.24. The average molecular weight is 234 g/mol. The van der Waals surface area contributed by atoms with Crippen molar-refractivity contribution in [3.8, 4) is 0 Å². The lowest BCUT2D eigenvalue weighted by atomic mass is 10.1. The van der Waals surface area contributed by atoms with Crippen LogP contribution in [0.2, 0.25) is 0 Å². The number of rotatable bonds is 2. The molecule has 90 valence electrons. The minimum absolute atomic E-state index is 0.105. The molecule has 1 fully saturated rings. The number of nitrogens with one attached hydrogen (secondary N) is 1. The van der Waals surface area contributed by atoms with Crippen LogP contribution < -0.4 is 16.0 Å². The quantitative estimate of drug-likeness (QED) is 0.677. The number of aromatic nitrogens is 1. The van der Waals surface area contributed by atoms with Crippen LogP contribution in [0, 0.1) is 0 Å². The van der Waals surface area contributed by atoms with Gasteiger partial charge in [-0.15, -0.1) is 0 Å². The van der Waals surface area contributed by atoms with Crippen LogP contribution in [-0.4, -0.2) is 29.9 Å². The van der Waals surface area contributed by atoms with Crippen LogP contribution in [0.15, 0.2) is 18.3 Å². The standard InChI is InChI=1S/C11H14N4O2/c1-7(12)8-2-3-13-9(4-8)15-5-10(16)14-11(17)6-15/h2-4,7H,5-6,12H2,1H3,(H,14,16,17)/t7-/m0/s1. The van der Waals surface area contributed by atoms with Gasteiger partial charge in [-0.25, -0.2) is 4.98 Å². The fourth-order valence-electron chi connectivity index (χ4n) is 1.69. The summed E-state index contributed by atoms with van der Waals surface area (Å²) >= 11 is 0. The molecule has 17 heavy (non-hydrogen) atoms. The Hall–Kier alpha value is -1.95. The van der Waals surface area contributed by atoms with Crippen molar-refractivity contribution in [1.82, 2.24) is 10.3 Å². The predicted octanol–water partition coefficient (Wildman–Crippen LogP) is -0.436. The molecule has 2 rings (SSSR count). The van der Waals surface area contributed by atoms with Gasteiger partial charge in [0.05, 0.1) is 13.1 Å². The van der Waals surface area contributed by atoms with Crippen molar-refractivity contribution in [3.05, 3.63) is 23.9 Å². The van der Waals surface area contributed by atoms with Crippen molar-refractivity contribution < 1.29 is 9.59 Å². The fraction of sp³-hybridized carbons (Fsp3) is 0.364. The zero-order valence-corrected chi connectivity index (χ0v) is 9.51. The highest BCUT2D eigenvalue weighted by Gasteiger charge is 2.23. The first-order valence-electron chi connectivity index (χ1n) is 5.35. The molecule has 0 unspecified atom stereocenters. The molecule has 1 aromatic heterocycles. The number of hydrogen-bond donors (Lipinski definition) is 2. The molecule has 0 radical (unpaired) electrons. The van der Waals surface area contributed by atoms with Gasteiger partial charge in [-0.2, -0.15) is 0 Å². The molecule has 3 N–H and O–H groups in total. The van der Waals surface area contributed by atoms with Crippen LogP contribution >= 0.6 is 0 Å². The van der Waals surface area contributed by atoms with Gasteiger partial charge in [0, 0.05) is 12.2 Å². The normalized spacial score (nSPS) is 17.9. The molecule has 1 atom stereocenters. The fourth-order valence-corrected chi connectivity index (χ4v) is 1.69. The van der Waals surface area contributed by atoms with Crippen LogP contribution in [0.3, 0.4) is 0 Å². The Bertz CT molecular complexity index is 443. The van der Waals surface area contributed by atoms with E-state index in [1.807, 2.05) is 13.0 Å². The Morgan fingerprint density at radius 3 is 2.65 bits per heavy atom. The maximum atomic E-state index is 11.2. The lowest BCUT2D eigenvalue weighted by Crippen LogP contribution is -2.51. The van der Waals surface area contributed by atoms with Crippen LogP contribution in [-0.2, 0) is 9.59 Å². The zero-order chi connectivity index (χ0) is 12.4. The molecule has 1 aliphatic heterocycles. The molecule has 6 nitrogen and oxygen atoms in total. The second-order valence-electron chi connectivity index (χ2n) is 4.06. The Kier molecular flexibility index (Phi) is 3.06. The average Bonchev–Trinajstić information content (AvgIpc) is 2.28. The van der Waals surface area contributed by atoms with Crippen LogP contribution in [0.5, 0.6) is 0 Å². The summed E-state index contributed by atoms with van der Waals surface area (Å²) in [6.07, 6.45) is 1.63. The number of imide groups is 1. The molecule has 0 aliphatic carbocycles. The van der Waals surface area contributed by atoms with E-state index in [4.69, 9.17) is 5.73 Å². The Morgan fingerprint density at radius 2 is 2.06 bits per heavy atom. The van der Waals surface area contributed by atoms with Crippen molar-refractivity contribution in [2.24, 2.45) is 5.73 Å². The van der Waals surface area contributed by atoms with E-state index in [2.05, 4.69) is 10.3 Å². The molecular weight excluding hydrogens is 220 g/mol. The van der Waals surface area contributed by atoms with Gasteiger partial charge in [-0.05, 0) is 24.6 Å². The largest absolute Gasteiger partial charge is 0.338 e. The molecule has 6 heteroatoms. The molecule has 0 bridgehead atoms. The van der Waals surface area contributed by atoms with E-state index in [0.29, 0.717) is 5.82 Å². The highest BCUT2D eigenvalue weighted by Crippen LogP contribution is 2.17. The van der Waals surface area contributed by atoms with Crippen molar-refractivity contribution >= 4 is 17.6 Å². The van der Waals surface area contributed by atoms with Crippen molar-refractivity contribution in [1.29, 1.82) is 0 Å². The maximum absolute atomic E-state index is 11.2. The van der Waals surface area contributed by atoms with Crippen LogP contribution in [0.4, 0.5) is 5.82 Å². The number of anilines is 1. The van der Waals surface area contributed by atoms with Gasteiger partial charge in [0.25, 0.3) is 0 Å². The molecular formula is C11H14N4O2. The van der Waals surface area contributed by atoms with E-state index >= 15 is 0 Å². The van der Waals surface area contributed by atoms with E-state index in [-0.39, 0.29) is 30.9 Å². The summed E-state index contributed by atoms with van der Waals surface area (Å²) in [4.78, 5) is 28.3. The first-order chi connectivity index (χ1) is 8.06. The van der Waals surface area contributed by atoms with Crippen molar-refractivity contribution in [2.45, 2.75) is 13.0 Å². The summed E-state index contributed by atoms with van der Waals surface area (Å²) < 4.78 is 0. The van der Waals surface area contributed by atoms with E-state index in [1.54, 1.807) is 17.2 Å². The second kappa shape index (κ2) is 4.50. The van der Waals surface area contributed by atoms with Gasteiger partial charge >= 0.3 is 0 Å². The molecule has 1 aromatic rings. The third kappa shape index (κ3) is 2.59. The van der Waals surface area contributed by atoms with Crippen LogP contribution in [0.1, 0.15) is 18.5 Å². The molecule has 1 saturated heterocycles. The second-order valence-corrected chi connectivity index (χ2v) is 4.06. The van der Waals surface area contributed by atoms with Gasteiger partial charge in [0.15, 0.2) is 0 Å². The predicted molar refractivity (Wildman–Crippen MR) is 62.2 cm³/mol. The highest BCUT2D eigenvalue weighted by atomic mass is 16.2. The van der Waals surface area contributed by atoms with Crippen LogP contribution in [0.25, 0.3) is 0 Å². The van der Waals surface area contributed by atoms with Gasteiger partial charge in [-0.3, -0.25) is 14.9 Å². The first-order valence-corrected chi connectivity index (χ1v) is 5.35. The van der Waals surface area contributed by atoms with Gasteiger partial charge in [0.2, 0.25) is 11.8 Å². The lowest BCUT2D eigenvalue weighted by Gasteiger charge is -2.26. The molecule has 1 aliphatic rings. The van der Waals surface area contributed by atoms with E-state index < -0.39 is 0 Å².